The van der Waals surface area contributed by atoms with Gasteiger partial charge in [-0.25, -0.2) is 0 Å². The maximum Gasteiger partial charge on any atom is 0.274 e. The van der Waals surface area contributed by atoms with E-state index in [1.54, 1.807) is 19.2 Å². The maximum absolute atomic E-state index is 12.6. The van der Waals surface area contributed by atoms with Crippen LogP contribution in [0.2, 0.25) is 0 Å². The van der Waals surface area contributed by atoms with Crippen molar-refractivity contribution in [2.45, 2.75) is 6.42 Å². The Balaban J connectivity index is 1.50. The first-order chi connectivity index (χ1) is 12.8. The molecule has 1 aromatic heterocycles. The van der Waals surface area contributed by atoms with Gasteiger partial charge >= 0.3 is 0 Å². The lowest BCUT2D eigenvalue weighted by atomic mass is 10.2. The fourth-order valence-corrected chi connectivity index (χ4v) is 2.94. The predicted octanol–water partition coefficient (Wildman–Crippen LogP) is 1.89. The van der Waals surface area contributed by atoms with Crippen LogP contribution in [-0.4, -0.2) is 67.4 Å². The van der Waals surface area contributed by atoms with E-state index >= 15 is 0 Å². The first-order valence-electron chi connectivity index (χ1n) is 8.94. The Hall–Kier alpha value is -2.67. The number of aromatic nitrogens is 2. The molecule has 7 heteroatoms. The van der Waals surface area contributed by atoms with E-state index in [1.807, 2.05) is 23.1 Å². The fourth-order valence-electron chi connectivity index (χ4n) is 2.94. The fraction of sp³-hybridized carbons (Fsp3) is 0.421. The predicted molar refractivity (Wildman–Crippen MR) is 102 cm³/mol. The molecule has 1 aliphatic heterocycles. The Morgan fingerprint density at radius 1 is 1.08 bits per heavy atom. The third-order valence-electron chi connectivity index (χ3n) is 4.40. The van der Waals surface area contributed by atoms with Gasteiger partial charge in [-0.05, 0) is 30.7 Å². The number of nitrogens with one attached hydrogen (secondary N) is 1. The molecule has 138 valence electrons. The minimum absolute atomic E-state index is 0.0591. The molecule has 3 rings (SSSR count). The lowest BCUT2D eigenvalue weighted by molar-refractivity contribution is 0.0739. The Labute approximate surface area is 154 Å². The van der Waals surface area contributed by atoms with Gasteiger partial charge in [0.1, 0.15) is 5.82 Å². The van der Waals surface area contributed by atoms with Crippen molar-refractivity contribution < 1.29 is 9.53 Å². The van der Waals surface area contributed by atoms with E-state index in [0.29, 0.717) is 31.2 Å². The van der Waals surface area contributed by atoms with E-state index in [-0.39, 0.29) is 5.91 Å². The smallest absolute Gasteiger partial charge is 0.274 e. The lowest BCUT2D eigenvalue weighted by Crippen LogP contribution is -2.49. The van der Waals surface area contributed by atoms with Gasteiger partial charge in [0.2, 0.25) is 0 Å². The van der Waals surface area contributed by atoms with Crippen LogP contribution in [0, 0.1) is 0 Å². The van der Waals surface area contributed by atoms with Gasteiger partial charge in [0.25, 0.3) is 5.91 Å². The summed E-state index contributed by atoms with van der Waals surface area (Å²) in [5.41, 5.74) is 1.59. The molecule has 0 atom stereocenters. The third kappa shape index (κ3) is 4.70. The maximum atomic E-state index is 12.6. The van der Waals surface area contributed by atoms with Crippen LogP contribution in [0.15, 0.2) is 42.5 Å². The van der Waals surface area contributed by atoms with E-state index in [2.05, 4.69) is 32.5 Å². The molecule has 7 nitrogen and oxygen atoms in total. The SMILES string of the molecule is COCCCNc1ccc(C(=O)N2CCN(c3ccccc3)CC2)nn1. The number of methoxy groups -OCH3 is 1. The topological polar surface area (TPSA) is 70.6 Å². The van der Waals surface area contributed by atoms with E-state index in [9.17, 15) is 4.79 Å². The number of ether oxygens (including phenoxy) is 1. The number of benzene rings is 1. The van der Waals surface area contributed by atoms with Crippen LogP contribution in [-0.2, 0) is 4.74 Å². The molecule has 0 unspecified atom stereocenters. The number of nitrogens with zero attached hydrogens (tertiary/aromatic N) is 4. The van der Waals surface area contributed by atoms with Gasteiger partial charge in [0, 0.05) is 52.1 Å². The minimum atomic E-state index is -0.0591. The van der Waals surface area contributed by atoms with Crippen molar-refractivity contribution in [2.75, 3.05) is 56.7 Å². The van der Waals surface area contributed by atoms with Crippen LogP contribution >= 0.6 is 0 Å². The highest BCUT2D eigenvalue weighted by atomic mass is 16.5. The Morgan fingerprint density at radius 2 is 1.85 bits per heavy atom. The van der Waals surface area contributed by atoms with E-state index in [4.69, 9.17) is 4.74 Å². The van der Waals surface area contributed by atoms with Crippen LogP contribution in [0.1, 0.15) is 16.9 Å². The van der Waals surface area contributed by atoms with Gasteiger partial charge in [0.05, 0.1) is 0 Å². The van der Waals surface area contributed by atoms with Crippen LogP contribution in [0.3, 0.4) is 0 Å². The Kier molecular flexibility index (Phi) is 6.38. The zero-order valence-corrected chi connectivity index (χ0v) is 15.1. The number of hydrogen-bond acceptors (Lipinski definition) is 6. The van der Waals surface area contributed by atoms with Crippen LogP contribution in [0.4, 0.5) is 11.5 Å². The molecule has 1 aliphatic rings. The van der Waals surface area contributed by atoms with Crippen molar-refractivity contribution in [3.05, 3.63) is 48.2 Å². The largest absolute Gasteiger partial charge is 0.385 e. The third-order valence-corrected chi connectivity index (χ3v) is 4.40. The number of piperazine rings is 1. The molecule has 0 radical (unpaired) electrons. The summed E-state index contributed by atoms with van der Waals surface area (Å²) in [6, 6.07) is 13.8. The Bertz CT molecular complexity index is 685. The van der Waals surface area contributed by atoms with Crippen molar-refractivity contribution in [3.8, 4) is 0 Å². The zero-order valence-electron chi connectivity index (χ0n) is 15.1. The van der Waals surface area contributed by atoms with Crippen molar-refractivity contribution >= 4 is 17.4 Å². The first-order valence-corrected chi connectivity index (χ1v) is 8.94. The van der Waals surface area contributed by atoms with Gasteiger partial charge in [-0.2, -0.15) is 0 Å². The molecule has 0 saturated carbocycles. The number of carbonyl (C=O) groups is 1. The highest BCUT2D eigenvalue weighted by Crippen LogP contribution is 2.16. The van der Waals surface area contributed by atoms with Gasteiger partial charge in [0.15, 0.2) is 5.69 Å². The van der Waals surface area contributed by atoms with E-state index < -0.39 is 0 Å². The Morgan fingerprint density at radius 3 is 2.50 bits per heavy atom. The quantitative estimate of drug-likeness (QED) is 0.765. The van der Waals surface area contributed by atoms with Crippen molar-refractivity contribution in [1.29, 1.82) is 0 Å². The summed E-state index contributed by atoms with van der Waals surface area (Å²) in [4.78, 5) is 16.8. The summed E-state index contributed by atoms with van der Waals surface area (Å²) < 4.78 is 5.00. The van der Waals surface area contributed by atoms with Crippen LogP contribution < -0.4 is 10.2 Å². The second-order valence-corrected chi connectivity index (χ2v) is 6.19. The van der Waals surface area contributed by atoms with Gasteiger partial charge in [-0.3, -0.25) is 4.79 Å². The summed E-state index contributed by atoms with van der Waals surface area (Å²) in [5.74, 6) is 0.614. The molecule has 1 saturated heterocycles. The molecule has 2 heterocycles. The van der Waals surface area contributed by atoms with Crippen LogP contribution in [0.5, 0.6) is 0 Å². The van der Waals surface area contributed by atoms with E-state index in [1.165, 1.54) is 5.69 Å². The van der Waals surface area contributed by atoms with Gasteiger partial charge in [-0.15, -0.1) is 10.2 Å². The normalized spacial score (nSPS) is 14.3. The van der Waals surface area contributed by atoms with Crippen molar-refractivity contribution in [3.63, 3.8) is 0 Å². The second kappa shape index (κ2) is 9.15. The highest BCUT2D eigenvalue weighted by Gasteiger charge is 2.23. The molecule has 0 bridgehead atoms. The lowest BCUT2D eigenvalue weighted by Gasteiger charge is -2.35. The minimum Gasteiger partial charge on any atom is -0.385 e. The molecular weight excluding hydrogens is 330 g/mol. The molecule has 1 aromatic carbocycles. The first kappa shape index (κ1) is 18.1. The number of para-hydroxylation sites is 1. The standard InChI is InChI=1S/C19H25N5O2/c1-26-15-5-10-20-18-9-8-17(21-22-18)19(25)24-13-11-23(12-14-24)16-6-3-2-4-7-16/h2-4,6-9H,5,10-15H2,1H3,(H,20,22). The summed E-state index contributed by atoms with van der Waals surface area (Å²) in [6.45, 7) is 4.48. The van der Waals surface area contributed by atoms with Gasteiger partial charge < -0.3 is 19.9 Å². The second-order valence-electron chi connectivity index (χ2n) is 6.19. The summed E-state index contributed by atoms with van der Waals surface area (Å²) in [6.07, 6.45) is 0.893. The molecular formula is C19H25N5O2. The molecule has 1 N–H and O–H groups in total. The molecule has 26 heavy (non-hydrogen) atoms. The number of hydrogen-bond donors (Lipinski definition) is 1. The average molecular weight is 355 g/mol. The number of amides is 1. The van der Waals surface area contributed by atoms with Crippen molar-refractivity contribution in [2.24, 2.45) is 0 Å². The average Bonchev–Trinajstić information content (AvgIpc) is 2.72. The monoisotopic (exact) mass is 355 g/mol. The number of rotatable bonds is 7. The molecule has 0 spiro atoms. The van der Waals surface area contributed by atoms with Crippen molar-refractivity contribution in [1.82, 2.24) is 15.1 Å². The number of carbonyl (C=O) groups excluding carboxylic acids is 1. The van der Waals surface area contributed by atoms with Crippen LogP contribution in [0.25, 0.3) is 0 Å². The molecule has 1 fully saturated rings. The molecule has 2 aromatic rings. The molecule has 1 amide bonds. The van der Waals surface area contributed by atoms with E-state index in [0.717, 1.165) is 26.1 Å². The summed E-state index contributed by atoms with van der Waals surface area (Å²) >= 11 is 0. The highest BCUT2D eigenvalue weighted by molar-refractivity contribution is 5.92. The number of anilines is 2. The van der Waals surface area contributed by atoms with Gasteiger partial charge in [-0.1, -0.05) is 18.2 Å². The summed E-state index contributed by atoms with van der Waals surface area (Å²) in [5, 5.41) is 11.3. The summed E-state index contributed by atoms with van der Waals surface area (Å²) in [7, 11) is 1.68. The zero-order chi connectivity index (χ0) is 18.2. The molecule has 0 aliphatic carbocycles.